The number of piperazine rings is 1. The van der Waals surface area contributed by atoms with Crippen molar-refractivity contribution in [3.05, 3.63) is 59.1 Å². The molecule has 2 aromatic carbocycles. The number of hydrogen-bond donors (Lipinski definition) is 0. The van der Waals surface area contributed by atoms with Gasteiger partial charge in [0.1, 0.15) is 5.75 Å². The fraction of sp³-hybridized carbons (Fsp3) is 0.333. The summed E-state index contributed by atoms with van der Waals surface area (Å²) >= 11 is 5.92. The number of carbonyl (C=O) groups excluding carboxylic acids is 2. The van der Waals surface area contributed by atoms with Gasteiger partial charge in [0.2, 0.25) is 5.91 Å². The Morgan fingerprint density at radius 1 is 1.00 bits per heavy atom. The van der Waals surface area contributed by atoms with E-state index in [0.717, 1.165) is 24.5 Å². The first-order valence-corrected chi connectivity index (χ1v) is 9.41. The van der Waals surface area contributed by atoms with E-state index in [4.69, 9.17) is 16.3 Å². The van der Waals surface area contributed by atoms with Gasteiger partial charge in [-0.25, -0.2) is 0 Å². The maximum absolute atomic E-state index is 12.5. The lowest BCUT2D eigenvalue weighted by atomic mass is 10.1. The molecule has 0 aromatic heterocycles. The van der Waals surface area contributed by atoms with E-state index in [1.165, 1.54) is 0 Å². The quantitative estimate of drug-likeness (QED) is 0.711. The average molecular weight is 387 g/mol. The molecule has 3 rings (SSSR count). The molecule has 0 saturated carbocycles. The molecule has 142 valence electrons. The third kappa shape index (κ3) is 4.80. The minimum Gasteiger partial charge on any atom is -0.495 e. The summed E-state index contributed by atoms with van der Waals surface area (Å²) in [5, 5.41) is 0.527. The topological polar surface area (TPSA) is 49.9 Å². The predicted molar refractivity (Wildman–Crippen MR) is 107 cm³/mol. The van der Waals surface area contributed by atoms with Crippen molar-refractivity contribution in [3.63, 3.8) is 0 Å². The summed E-state index contributed by atoms with van der Waals surface area (Å²) < 4.78 is 5.42. The minimum absolute atomic E-state index is 0.0186. The highest BCUT2D eigenvalue weighted by molar-refractivity contribution is 6.31. The second-order valence-corrected chi connectivity index (χ2v) is 6.91. The van der Waals surface area contributed by atoms with Gasteiger partial charge in [-0.3, -0.25) is 9.59 Å². The number of benzene rings is 2. The Labute approximate surface area is 164 Å². The summed E-state index contributed by atoms with van der Waals surface area (Å²) in [6.07, 6.45) is 0.423. The second kappa shape index (κ2) is 8.91. The van der Waals surface area contributed by atoms with Gasteiger partial charge in [0.25, 0.3) is 0 Å². The standard InChI is InChI=1S/C21H23ClN2O3/c1-27-20-8-3-2-7-18(20)23-11-13-24(14-12-23)21(26)10-9-19(25)16-5-4-6-17(22)15-16/h2-8,15H,9-14H2,1H3. The SMILES string of the molecule is COc1ccccc1N1CCN(C(=O)CCC(=O)c2cccc(Cl)c2)CC1. The Kier molecular flexibility index (Phi) is 6.35. The Bertz CT molecular complexity index is 817. The van der Waals surface area contributed by atoms with Gasteiger partial charge < -0.3 is 14.5 Å². The van der Waals surface area contributed by atoms with E-state index in [9.17, 15) is 9.59 Å². The summed E-state index contributed by atoms with van der Waals surface area (Å²) in [6, 6.07) is 14.7. The van der Waals surface area contributed by atoms with Gasteiger partial charge in [0, 0.05) is 49.6 Å². The summed E-state index contributed by atoms with van der Waals surface area (Å²) in [5.74, 6) is 0.799. The number of para-hydroxylation sites is 2. The summed E-state index contributed by atoms with van der Waals surface area (Å²) in [7, 11) is 1.66. The number of ketones is 1. The lowest BCUT2D eigenvalue weighted by Crippen LogP contribution is -2.48. The number of halogens is 1. The summed E-state index contributed by atoms with van der Waals surface area (Å²) in [4.78, 5) is 28.8. The van der Waals surface area contributed by atoms with Crippen molar-refractivity contribution < 1.29 is 14.3 Å². The van der Waals surface area contributed by atoms with Crippen molar-refractivity contribution in [2.24, 2.45) is 0 Å². The van der Waals surface area contributed by atoms with Gasteiger partial charge in [0.15, 0.2) is 5.78 Å². The van der Waals surface area contributed by atoms with Crippen molar-refractivity contribution in [2.45, 2.75) is 12.8 Å². The molecule has 1 aliphatic rings. The van der Waals surface area contributed by atoms with Crippen molar-refractivity contribution >= 4 is 29.0 Å². The van der Waals surface area contributed by atoms with Gasteiger partial charge >= 0.3 is 0 Å². The van der Waals surface area contributed by atoms with Crippen LogP contribution < -0.4 is 9.64 Å². The molecule has 0 N–H and O–H groups in total. The van der Waals surface area contributed by atoms with Crippen molar-refractivity contribution in [1.29, 1.82) is 0 Å². The molecule has 0 spiro atoms. The normalized spacial score (nSPS) is 14.1. The van der Waals surface area contributed by atoms with Crippen LogP contribution in [0, 0.1) is 0 Å². The Morgan fingerprint density at radius 2 is 1.74 bits per heavy atom. The molecule has 5 nitrogen and oxygen atoms in total. The van der Waals surface area contributed by atoms with Gasteiger partial charge in [-0.05, 0) is 24.3 Å². The molecule has 0 aliphatic carbocycles. The van der Waals surface area contributed by atoms with E-state index >= 15 is 0 Å². The van der Waals surface area contributed by atoms with Crippen LogP contribution in [0.15, 0.2) is 48.5 Å². The molecule has 0 bridgehead atoms. The number of amides is 1. The van der Waals surface area contributed by atoms with Crippen LogP contribution in [0.25, 0.3) is 0 Å². The van der Waals surface area contributed by atoms with Crippen molar-refractivity contribution in [3.8, 4) is 5.75 Å². The molecule has 1 aliphatic heterocycles. The summed E-state index contributed by atoms with van der Waals surface area (Å²) in [5.41, 5.74) is 1.60. The Hall–Kier alpha value is -2.53. The minimum atomic E-state index is -0.0569. The van der Waals surface area contributed by atoms with E-state index in [1.54, 1.807) is 31.4 Å². The number of anilines is 1. The Balaban J connectivity index is 1.50. The number of nitrogens with zero attached hydrogens (tertiary/aromatic N) is 2. The number of rotatable bonds is 6. The molecule has 6 heteroatoms. The van der Waals surface area contributed by atoms with Gasteiger partial charge in [-0.2, -0.15) is 0 Å². The fourth-order valence-corrected chi connectivity index (χ4v) is 3.46. The maximum Gasteiger partial charge on any atom is 0.223 e. The molecule has 0 unspecified atom stereocenters. The monoisotopic (exact) mass is 386 g/mol. The number of carbonyl (C=O) groups is 2. The van der Waals surface area contributed by atoms with E-state index in [0.29, 0.717) is 23.7 Å². The number of ether oxygens (including phenoxy) is 1. The molecule has 2 aromatic rings. The van der Waals surface area contributed by atoms with Crippen LogP contribution in [0.3, 0.4) is 0 Å². The molecule has 1 heterocycles. The number of Topliss-reactive ketones (excluding diaryl/α,β-unsaturated/α-hetero) is 1. The number of hydrogen-bond acceptors (Lipinski definition) is 4. The molecule has 1 saturated heterocycles. The molecule has 1 fully saturated rings. The van der Waals surface area contributed by atoms with E-state index in [-0.39, 0.29) is 24.5 Å². The van der Waals surface area contributed by atoms with E-state index in [1.807, 2.05) is 29.2 Å². The van der Waals surface area contributed by atoms with Crippen LogP contribution in [-0.2, 0) is 4.79 Å². The van der Waals surface area contributed by atoms with Gasteiger partial charge in [0.05, 0.1) is 12.8 Å². The zero-order valence-electron chi connectivity index (χ0n) is 15.4. The molecule has 27 heavy (non-hydrogen) atoms. The van der Waals surface area contributed by atoms with Crippen molar-refractivity contribution in [2.75, 3.05) is 38.2 Å². The molecular weight excluding hydrogens is 364 g/mol. The lowest BCUT2D eigenvalue weighted by molar-refractivity contribution is -0.131. The summed E-state index contributed by atoms with van der Waals surface area (Å²) in [6.45, 7) is 2.77. The van der Waals surface area contributed by atoms with E-state index < -0.39 is 0 Å². The zero-order valence-corrected chi connectivity index (χ0v) is 16.1. The predicted octanol–water partition coefficient (Wildman–Crippen LogP) is 3.66. The molecular formula is C21H23ClN2O3. The first-order valence-electron chi connectivity index (χ1n) is 9.03. The van der Waals surface area contributed by atoms with Gasteiger partial charge in [-0.1, -0.05) is 35.9 Å². The van der Waals surface area contributed by atoms with Crippen LogP contribution >= 0.6 is 11.6 Å². The van der Waals surface area contributed by atoms with Crippen molar-refractivity contribution in [1.82, 2.24) is 4.90 Å². The van der Waals surface area contributed by atoms with Crippen LogP contribution in [0.2, 0.25) is 5.02 Å². The average Bonchev–Trinajstić information content (AvgIpc) is 2.71. The zero-order chi connectivity index (χ0) is 19.2. The Morgan fingerprint density at radius 3 is 2.44 bits per heavy atom. The van der Waals surface area contributed by atoms with Gasteiger partial charge in [-0.15, -0.1) is 0 Å². The first-order chi connectivity index (χ1) is 13.1. The number of methoxy groups -OCH3 is 1. The first kappa shape index (κ1) is 19.2. The third-order valence-electron chi connectivity index (χ3n) is 4.77. The molecule has 0 atom stereocenters. The van der Waals surface area contributed by atoms with Crippen LogP contribution in [0.5, 0.6) is 5.75 Å². The maximum atomic E-state index is 12.5. The van der Waals surface area contributed by atoms with Crippen LogP contribution in [0.4, 0.5) is 5.69 Å². The smallest absolute Gasteiger partial charge is 0.223 e. The second-order valence-electron chi connectivity index (χ2n) is 6.47. The lowest BCUT2D eigenvalue weighted by Gasteiger charge is -2.36. The molecule has 1 amide bonds. The van der Waals surface area contributed by atoms with Crippen LogP contribution in [0.1, 0.15) is 23.2 Å². The fourth-order valence-electron chi connectivity index (χ4n) is 3.27. The highest BCUT2D eigenvalue weighted by atomic mass is 35.5. The highest BCUT2D eigenvalue weighted by Crippen LogP contribution is 2.28. The highest BCUT2D eigenvalue weighted by Gasteiger charge is 2.23. The largest absolute Gasteiger partial charge is 0.495 e. The molecule has 0 radical (unpaired) electrons. The van der Waals surface area contributed by atoms with E-state index in [2.05, 4.69) is 4.90 Å². The van der Waals surface area contributed by atoms with Crippen LogP contribution in [-0.4, -0.2) is 49.9 Å². The third-order valence-corrected chi connectivity index (χ3v) is 5.01.